The number of imide groups is 1. The largest absolute Gasteiger partial charge is 0.452 e. The van der Waals surface area contributed by atoms with E-state index in [-0.39, 0.29) is 40.5 Å². The number of benzene rings is 1. The monoisotopic (exact) mass is 425 g/mol. The van der Waals surface area contributed by atoms with Crippen molar-refractivity contribution in [2.45, 2.75) is 64.5 Å². The minimum absolute atomic E-state index is 0.0881. The summed E-state index contributed by atoms with van der Waals surface area (Å²) in [4.78, 5) is 51.4. The van der Waals surface area contributed by atoms with Crippen molar-refractivity contribution in [1.82, 2.24) is 10.2 Å². The molecule has 1 aromatic carbocycles. The molecule has 0 aromatic heterocycles. The van der Waals surface area contributed by atoms with E-state index in [1.807, 2.05) is 6.07 Å². The zero-order chi connectivity index (χ0) is 22.8. The lowest BCUT2D eigenvalue weighted by atomic mass is 9.90. The Kier molecular flexibility index (Phi) is 6.44. The van der Waals surface area contributed by atoms with Crippen LogP contribution in [0.3, 0.4) is 0 Å². The fourth-order valence-corrected chi connectivity index (χ4v) is 3.90. The molecule has 0 bridgehead atoms. The summed E-state index contributed by atoms with van der Waals surface area (Å²) in [6.07, 6.45) is 4.67. The maximum Gasteiger partial charge on any atom is 0.338 e. The van der Waals surface area contributed by atoms with Crippen molar-refractivity contribution in [3.05, 3.63) is 34.9 Å². The third-order valence-electron chi connectivity index (χ3n) is 6.21. The number of nitriles is 1. The molecule has 1 saturated carbocycles. The van der Waals surface area contributed by atoms with Crippen LogP contribution in [0.2, 0.25) is 0 Å². The molecule has 164 valence electrons. The number of hydrogen-bond donors (Lipinski definition) is 1. The van der Waals surface area contributed by atoms with Crippen LogP contribution < -0.4 is 5.32 Å². The van der Waals surface area contributed by atoms with Gasteiger partial charge < -0.3 is 10.1 Å². The zero-order valence-corrected chi connectivity index (χ0v) is 18.1. The third kappa shape index (κ3) is 4.46. The lowest BCUT2D eigenvalue weighted by Gasteiger charge is -2.29. The second-order valence-electron chi connectivity index (χ2n) is 8.63. The smallest absolute Gasteiger partial charge is 0.338 e. The van der Waals surface area contributed by atoms with E-state index in [4.69, 9.17) is 4.74 Å². The number of hydrogen-bond acceptors (Lipinski definition) is 6. The SMILES string of the molecule is CC(C)[C@](C)(C#N)NC(=O)COC(=O)c1ccc2c(c1)C(=O)N(C1CCCCC1)C2=O. The summed E-state index contributed by atoms with van der Waals surface area (Å²) in [5.41, 5.74) is -0.519. The number of nitrogens with zero attached hydrogens (tertiary/aromatic N) is 2. The first-order chi connectivity index (χ1) is 14.7. The Morgan fingerprint density at radius 3 is 2.45 bits per heavy atom. The summed E-state index contributed by atoms with van der Waals surface area (Å²) >= 11 is 0. The van der Waals surface area contributed by atoms with Crippen LogP contribution in [0.15, 0.2) is 18.2 Å². The van der Waals surface area contributed by atoms with E-state index in [9.17, 15) is 24.4 Å². The summed E-state index contributed by atoms with van der Waals surface area (Å²) < 4.78 is 5.05. The molecular weight excluding hydrogens is 398 g/mol. The minimum Gasteiger partial charge on any atom is -0.452 e. The molecule has 0 saturated heterocycles. The molecule has 1 aliphatic carbocycles. The van der Waals surface area contributed by atoms with Crippen molar-refractivity contribution in [2.75, 3.05) is 6.61 Å². The first-order valence-electron chi connectivity index (χ1n) is 10.6. The van der Waals surface area contributed by atoms with Gasteiger partial charge in [0, 0.05) is 6.04 Å². The van der Waals surface area contributed by atoms with Gasteiger partial charge in [-0.2, -0.15) is 5.26 Å². The summed E-state index contributed by atoms with van der Waals surface area (Å²) in [5, 5.41) is 11.8. The molecule has 3 amide bonds. The summed E-state index contributed by atoms with van der Waals surface area (Å²) in [5.74, 6) is -2.22. The van der Waals surface area contributed by atoms with Crippen molar-refractivity contribution in [3.8, 4) is 6.07 Å². The van der Waals surface area contributed by atoms with E-state index in [0.29, 0.717) is 0 Å². The molecule has 0 spiro atoms. The van der Waals surface area contributed by atoms with Crippen molar-refractivity contribution in [2.24, 2.45) is 5.92 Å². The van der Waals surface area contributed by atoms with E-state index in [2.05, 4.69) is 5.32 Å². The van der Waals surface area contributed by atoms with Gasteiger partial charge in [-0.1, -0.05) is 33.1 Å². The Balaban J connectivity index is 1.67. The molecule has 3 rings (SSSR count). The van der Waals surface area contributed by atoms with Crippen LogP contribution in [-0.2, 0) is 9.53 Å². The van der Waals surface area contributed by atoms with Gasteiger partial charge in [-0.25, -0.2) is 4.79 Å². The Bertz CT molecular complexity index is 958. The second kappa shape index (κ2) is 8.88. The molecule has 31 heavy (non-hydrogen) atoms. The average molecular weight is 425 g/mol. The molecule has 8 nitrogen and oxygen atoms in total. The standard InChI is InChI=1S/C23H27N3O5/c1-14(2)23(3,13-24)25-19(27)12-31-22(30)15-9-10-17-18(11-15)21(29)26(20(17)28)16-7-5-4-6-8-16/h9-11,14,16H,4-8,12H2,1-3H3,(H,25,27)/t23-/m0/s1. The fourth-order valence-electron chi connectivity index (χ4n) is 3.90. The predicted octanol–water partition coefficient (Wildman–Crippen LogP) is 2.83. The number of amides is 3. The highest BCUT2D eigenvalue weighted by Gasteiger charge is 2.40. The van der Waals surface area contributed by atoms with Crippen LogP contribution >= 0.6 is 0 Å². The molecule has 1 aromatic rings. The van der Waals surface area contributed by atoms with Crippen LogP contribution in [-0.4, -0.2) is 46.8 Å². The van der Waals surface area contributed by atoms with Crippen molar-refractivity contribution in [3.63, 3.8) is 0 Å². The number of fused-ring (bicyclic) bond motifs is 1. The maximum absolute atomic E-state index is 12.9. The second-order valence-corrected chi connectivity index (χ2v) is 8.63. The number of carbonyl (C=O) groups is 4. The number of nitrogens with one attached hydrogen (secondary N) is 1. The molecule has 1 aliphatic heterocycles. The van der Waals surface area contributed by atoms with Gasteiger partial charge in [-0.15, -0.1) is 0 Å². The Morgan fingerprint density at radius 2 is 1.84 bits per heavy atom. The zero-order valence-electron chi connectivity index (χ0n) is 18.1. The molecule has 0 unspecified atom stereocenters. The quantitative estimate of drug-likeness (QED) is 0.553. The normalized spacial score (nSPS) is 18.4. The lowest BCUT2D eigenvalue weighted by molar-refractivity contribution is -0.125. The molecule has 1 heterocycles. The number of rotatable bonds is 6. The molecule has 8 heteroatoms. The molecule has 2 aliphatic rings. The van der Waals surface area contributed by atoms with Crippen molar-refractivity contribution in [1.29, 1.82) is 5.26 Å². The maximum atomic E-state index is 12.9. The highest BCUT2D eigenvalue weighted by Crippen LogP contribution is 2.31. The van der Waals surface area contributed by atoms with Crippen LogP contribution in [0.1, 0.15) is 83.9 Å². The summed E-state index contributed by atoms with van der Waals surface area (Å²) in [6.45, 7) is 4.64. The van der Waals surface area contributed by atoms with Gasteiger partial charge in [0.15, 0.2) is 6.61 Å². The first-order valence-corrected chi connectivity index (χ1v) is 10.6. The van der Waals surface area contributed by atoms with Gasteiger partial charge in [0.2, 0.25) is 0 Å². The predicted molar refractivity (Wildman–Crippen MR) is 111 cm³/mol. The number of ether oxygens (including phenoxy) is 1. The van der Waals surface area contributed by atoms with Crippen molar-refractivity contribution >= 4 is 23.7 Å². The molecular formula is C23H27N3O5. The van der Waals surface area contributed by atoms with Crippen molar-refractivity contribution < 1.29 is 23.9 Å². The topological polar surface area (TPSA) is 117 Å². The highest BCUT2D eigenvalue weighted by atomic mass is 16.5. The highest BCUT2D eigenvalue weighted by molar-refractivity contribution is 6.22. The van der Waals surface area contributed by atoms with Gasteiger partial charge in [0.05, 0.1) is 22.8 Å². The van der Waals surface area contributed by atoms with Gasteiger partial charge in [0.25, 0.3) is 17.7 Å². The summed E-state index contributed by atoms with van der Waals surface area (Å²) in [7, 11) is 0. The number of esters is 1. The van der Waals surface area contributed by atoms with Gasteiger partial charge in [-0.3, -0.25) is 19.3 Å². The van der Waals surface area contributed by atoms with Gasteiger partial charge in [0.1, 0.15) is 5.54 Å². The van der Waals surface area contributed by atoms with Crippen LogP contribution in [0.4, 0.5) is 0 Å². The Hall–Kier alpha value is -3.21. The molecule has 1 fully saturated rings. The average Bonchev–Trinajstić information content (AvgIpc) is 3.02. The fraction of sp³-hybridized carbons (Fsp3) is 0.522. The number of carbonyl (C=O) groups excluding carboxylic acids is 4. The van der Waals surface area contributed by atoms with E-state index in [0.717, 1.165) is 32.1 Å². The lowest BCUT2D eigenvalue weighted by Crippen LogP contribution is -2.50. The minimum atomic E-state index is -1.08. The molecule has 1 N–H and O–H groups in total. The Morgan fingerprint density at radius 1 is 1.19 bits per heavy atom. The van der Waals surface area contributed by atoms with Crippen LogP contribution in [0, 0.1) is 17.2 Å². The third-order valence-corrected chi connectivity index (χ3v) is 6.21. The van der Waals surface area contributed by atoms with Crippen LogP contribution in [0.25, 0.3) is 0 Å². The van der Waals surface area contributed by atoms with E-state index in [1.54, 1.807) is 20.8 Å². The van der Waals surface area contributed by atoms with E-state index >= 15 is 0 Å². The molecule has 0 radical (unpaired) electrons. The summed E-state index contributed by atoms with van der Waals surface area (Å²) in [6, 6.07) is 6.18. The first kappa shape index (κ1) is 22.5. The van der Waals surface area contributed by atoms with Gasteiger partial charge in [-0.05, 0) is 43.9 Å². The van der Waals surface area contributed by atoms with E-state index in [1.165, 1.54) is 23.1 Å². The van der Waals surface area contributed by atoms with E-state index < -0.39 is 24.0 Å². The van der Waals surface area contributed by atoms with Crippen LogP contribution in [0.5, 0.6) is 0 Å². The Labute approximate surface area is 181 Å². The molecule has 1 atom stereocenters. The van der Waals surface area contributed by atoms with Gasteiger partial charge >= 0.3 is 5.97 Å².